The summed E-state index contributed by atoms with van der Waals surface area (Å²) in [5, 5.41) is 8.44. The van der Waals surface area contributed by atoms with E-state index in [4.69, 9.17) is 5.21 Å². The minimum atomic E-state index is -3.62. The first-order chi connectivity index (χ1) is 9.56. The molecule has 0 saturated carbocycles. The van der Waals surface area contributed by atoms with Gasteiger partial charge in [0.2, 0.25) is 10.0 Å². The van der Waals surface area contributed by atoms with Gasteiger partial charge in [0.15, 0.2) is 0 Å². The van der Waals surface area contributed by atoms with Gasteiger partial charge < -0.3 is 0 Å². The number of carbonyl (C=O) groups is 1. The van der Waals surface area contributed by atoms with E-state index in [1.54, 1.807) is 6.07 Å². The van der Waals surface area contributed by atoms with Crippen LogP contribution in [0, 0.1) is 0 Å². The molecule has 1 amide bonds. The van der Waals surface area contributed by atoms with Crippen LogP contribution in [0.2, 0.25) is 0 Å². The lowest BCUT2D eigenvalue weighted by Gasteiger charge is -2.20. The normalized spacial score (nSPS) is 12.5. The van der Waals surface area contributed by atoms with Crippen LogP contribution in [0.5, 0.6) is 0 Å². The maximum Gasteiger partial charge on any atom is 0.258 e. The first-order valence-corrected chi connectivity index (χ1v) is 8.13. The molecule has 0 aliphatic rings. The summed E-state index contributed by atoms with van der Waals surface area (Å²) >= 11 is 0. The molecule has 0 bridgehead atoms. The summed E-state index contributed by atoms with van der Waals surface area (Å²) in [6.45, 7) is 5.74. The first kappa shape index (κ1) is 17.6. The van der Waals surface area contributed by atoms with E-state index in [9.17, 15) is 13.2 Å². The molecular weight excluding hydrogens is 292 g/mol. The van der Waals surface area contributed by atoms with Gasteiger partial charge in [-0.05, 0) is 16.5 Å². The highest BCUT2D eigenvalue weighted by atomic mass is 32.2. The highest BCUT2D eigenvalue weighted by Crippen LogP contribution is 2.23. The molecule has 0 aliphatic carbocycles. The molecule has 0 aliphatic heterocycles. The third-order valence-corrected chi connectivity index (χ3v) is 4.88. The van der Waals surface area contributed by atoms with Crippen molar-refractivity contribution >= 4 is 15.9 Å². The van der Waals surface area contributed by atoms with Crippen molar-refractivity contribution in [3.05, 3.63) is 35.4 Å². The summed E-state index contributed by atoms with van der Waals surface area (Å²) in [6, 6.07) is 7.38. The molecule has 2 N–H and O–H groups in total. The molecule has 7 heteroatoms. The Morgan fingerprint density at radius 3 is 2.48 bits per heavy atom. The number of benzene rings is 1. The topological polar surface area (TPSA) is 86.7 Å². The van der Waals surface area contributed by atoms with Gasteiger partial charge in [-0.2, -0.15) is 4.31 Å². The molecular formula is C14H22N2O4S. The van der Waals surface area contributed by atoms with Crippen molar-refractivity contribution in [3.63, 3.8) is 0 Å². The molecule has 0 atom stereocenters. The van der Waals surface area contributed by atoms with Crippen LogP contribution >= 0.6 is 0 Å². The molecule has 1 rings (SSSR count). The Morgan fingerprint density at radius 2 is 1.95 bits per heavy atom. The average molecular weight is 314 g/mol. The first-order valence-electron chi connectivity index (χ1n) is 6.52. The Hall–Kier alpha value is -1.44. The molecule has 0 unspecified atom stereocenters. The van der Waals surface area contributed by atoms with Crippen LogP contribution in [-0.4, -0.2) is 37.4 Å². The van der Waals surface area contributed by atoms with Gasteiger partial charge in [-0.1, -0.05) is 45.0 Å². The van der Waals surface area contributed by atoms with Crippen LogP contribution in [0.3, 0.4) is 0 Å². The lowest BCUT2D eigenvalue weighted by atomic mass is 9.86. The second kappa shape index (κ2) is 6.55. The Bertz CT molecular complexity index is 606. The quantitative estimate of drug-likeness (QED) is 0.632. The summed E-state index contributed by atoms with van der Waals surface area (Å²) < 4.78 is 25.3. The van der Waals surface area contributed by atoms with Crippen molar-refractivity contribution in [1.29, 1.82) is 0 Å². The number of hydrogen-bond acceptors (Lipinski definition) is 4. The summed E-state index contributed by atoms with van der Waals surface area (Å²) in [5.41, 5.74) is 3.06. The van der Waals surface area contributed by atoms with Crippen LogP contribution in [0.15, 0.2) is 24.3 Å². The zero-order valence-corrected chi connectivity index (χ0v) is 13.6. The summed E-state index contributed by atoms with van der Waals surface area (Å²) in [6.07, 6.45) is 0. The van der Waals surface area contributed by atoms with Crippen molar-refractivity contribution in [2.75, 3.05) is 13.6 Å². The molecule has 0 saturated heterocycles. The SMILES string of the molecule is CN(CC(=O)NO)S(=O)(=O)Cc1cccc(C(C)(C)C)c1. The lowest BCUT2D eigenvalue weighted by Crippen LogP contribution is -2.37. The van der Waals surface area contributed by atoms with Crippen molar-refractivity contribution in [3.8, 4) is 0 Å². The number of hydroxylamine groups is 1. The molecule has 0 radical (unpaired) electrons. The number of carbonyl (C=O) groups excluding carboxylic acids is 1. The van der Waals surface area contributed by atoms with Gasteiger partial charge in [0.25, 0.3) is 5.91 Å². The van der Waals surface area contributed by atoms with Crippen molar-refractivity contribution < 1.29 is 18.4 Å². The van der Waals surface area contributed by atoms with E-state index in [-0.39, 0.29) is 11.2 Å². The summed E-state index contributed by atoms with van der Waals surface area (Å²) in [5.74, 6) is -0.962. The fraction of sp³-hybridized carbons (Fsp3) is 0.500. The molecule has 1 aromatic rings. The third kappa shape index (κ3) is 5.11. The van der Waals surface area contributed by atoms with Gasteiger partial charge in [-0.3, -0.25) is 10.0 Å². The molecule has 0 aromatic heterocycles. The largest absolute Gasteiger partial charge is 0.289 e. The lowest BCUT2D eigenvalue weighted by molar-refractivity contribution is -0.129. The predicted octanol–water partition coefficient (Wildman–Crippen LogP) is 1.25. The predicted molar refractivity (Wildman–Crippen MR) is 80.3 cm³/mol. The Morgan fingerprint density at radius 1 is 1.33 bits per heavy atom. The molecule has 21 heavy (non-hydrogen) atoms. The Labute approximate surface area is 125 Å². The number of nitrogens with one attached hydrogen (secondary N) is 1. The van der Waals surface area contributed by atoms with Crippen molar-refractivity contribution in [1.82, 2.24) is 9.79 Å². The van der Waals surface area contributed by atoms with E-state index in [0.717, 1.165) is 9.87 Å². The zero-order chi connectivity index (χ0) is 16.3. The van der Waals surface area contributed by atoms with Gasteiger partial charge in [0, 0.05) is 7.05 Å². The van der Waals surface area contributed by atoms with E-state index < -0.39 is 22.5 Å². The van der Waals surface area contributed by atoms with Crippen LogP contribution in [-0.2, 0) is 26.0 Å². The Kier molecular flexibility index (Phi) is 5.49. The van der Waals surface area contributed by atoms with Crippen LogP contribution < -0.4 is 5.48 Å². The number of amides is 1. The Balaban J connectivity index is 2.92. The highest BCUT2D eigenvalue weighted by Gasteiger charge is 2.22. The van der Waals surface area contributed by atoms with E-state index in [1.165, 1.54) is 12.5 Å². The van der Waals surface area contributed by atoms with Gasteiger partial charge >= 0.3 is 0 Å². The molecule has 118 valence electrons. The molecule has 6 nitrogen and oxygen atoms in total. The van der Waals surface area contributed by atoms with Crippen molar-refractivity contribution in [2.24, 2.45) is 0 Å². The van der Waals surface area contributed by atoms with Crippen LogP contribution in [0.1, 0.15) is 31.9 Å². The van der Waals surface area contributed by atoms with Gasteiger partial charge in [0.1, 0.15) is 0 Å². The third-order valence-electron chi connectivity index (χ3n) is 3.11. The maximum absolute atomic E-state index is 12.2. The fourth-order valence-electron chi connectivity index (χ4n) is 1.78. The number of hydrogen-bond donors (Lipinski definition) is 2. The van der Waals surface area contributed by atoms with E-state index in [2.05, 4.69) is 20.8 Å². The number of likely N-dealkylation sites (N-methyl/N-ethyl adjacent to an activating group) is 1. The standard InChI is InChI=1S/C14H22N2O4S/c1-14(2,3)12-7-5-6-11(8-12)10-21(19,20)16(4)9-13(17)15-18/h5-8,18H,9-10H2,1-4H3,(H,15,17). The average Bonchev–Trinajstić information content (AvgIpc) is 2.37. The minimum Gasteiger partial charge on any atom is -0.289 e. The number of rotatable bonds is 5. The second-order valence-corrected chi connectivity index (χ2v) is 8.07. The number of sulfonamides is 1. The smallest absolute Gasteiger partial charge is 0.258 e. The van der Waals surface area contributed by atoms with Gasteiger partial charge in [0.05, 0.1) is 12.3 Å². The summed E-state index contributed by atoms with van der Waals surface area (Å²) in [7, 11) is -2.32. The van der Waals surface area contributed by atoms with Gasteiger partial charge in [-0.15, -0.1) is 0 Å². The molecule has 0 heterocycles. The van der Waals surface area contributed by atoms with Gasteiger partial charge in [-0.25, -0.2) is 13.9 Å². The van der Waals surface area contributed by atoms with Crippen LogP contribution in [0.25, 0.3) is 0 Å². The van der Waals surface area contributed by atoms with E-state index in [1.807, 2.05) is 18.2 Å². The van der Waals surface area contributed by atoms with Crippen LogP contribution in [0.4, 0.5) is 0 Å². The maximum atomic E-state index is 12.2. The highest BCUT2D eigenvalue weighted by molar-refractivity contribution is 7.88. The zero-order valence-electron chi connectivity index (χ0n) is 12.8. The molecule has 0 fully saturated rings. The molecule has 1 aromatic carbocycles. The monoisotopic (exact) mass is 314 g/mol. The van der Waals surface area contributed by atoms with E-state index in [0.29, 0.717) is 5.56 Å². The van der Waals surface area contributed by atoms with E-state index >= 15 is 0 Å². The second-order valence-electron chi connectivity index (χ2n) is 6.00. The molecule has 0 spiro atoms. The minimum absolute atomic E-state index is 0.0670. The fourth-order valence-corrected chi connectivity index (χ4v) is 2.92. The number of nitrogens with zero attached hydrogens (tertiary/aromatic N) is 1. The summed E-state index contributed by atoms with van der Waals surface area (Å²) in [4.78, 5) is 11.0. The van der Waals surface area contributed by atoms with Crippen molar-refractivity contribution in [2.45, 2.75) is 31.9 Å².